The highest BCUT2D eigenvalue weighted by Crippen LogP contribution is 2.23. The number of aliphatic hydroxyl groups excluding tert-OH is 5. The van der Waals surface area contributed by atoms with E-state index in [0.717, 1.165) is 83.5 Å². The molecule has 1 aliphatic rings. The average molecular weight is 1140 g/mol. The Morgan fingerprint density at radius 2 is 0.852 bits per heavy atom. The first kappa shape index (κ1) is 76.4. The number of rotatable bonds is 59. The van der Waals surface area contributed by atoms with Crippen molar-refractivity contribution in [2.24, 2.45) is 0 Å². The first-order chi connectivity index (χ1) is 39.7. The number of carbonyl (C=O) groups excluding carboxylic acids is 2. The summed E-state index contributed by atoms with van der Waals surface area (Å²) in [6, 6.07) is -0.811. The van der Waals surface area contributed by atoms with Crippen molar-refractivity contribution in [3.8, 4) is 0 Å². The number of amides is 1. The van der Waals surface area contributed by atoms with E-state index in [4.69, 9.17) is 14.2 Å². The van der Waals surface area contributed by atoms with Crippen molar-refractivity contribution in [3.05, 3.63) is 60.8 Å². The van der Waals surface area contributed by atoms with Gasteiger partial charge in [-0.25, -0.2) is 0 Å². The zero-order valence-corrected chi connectivity index (χ0v) is 52.2. The molecule has 472 valence electrons. The monoisotopic (exact) mass is 1140 g/mol. The second-order valence-electron chi connectivity index (χ2n) is 23.5. The van der Waals surface area contributed by atoms with Crippen LogP contribution in [-0.4, -0.2) is 100 Å². The van der Waals surface area contributed by atoms with E-state index in [2.05, 4.69) is 67.8 Å². The molecule has 7 unspecified atom stereocenters. The maximum atomic E-state index is 13.0. The van der Waals surface area contributed by atoms with Crippen LogP contribution in [0.4, 0.5) is 0 Å². The molecule has 11 heteroatoms. The Balaban J connectivity index is 1.98. The Labute approximate surface area is 497 Å². The number of hydrogen-bond donors (Lipinski definition) is 6. The summed E-state index contributed by atoms with van der Waals surface area (Å²) in [7, 11) is 0. The predicted octanol–water partition coefficient (Wildman–Crippen LogP) is 17.0. The van der Waals surface area contributed by atoms with Crippen LogP contribution in [0.2, 0.25) is 0 Å². The second kappa shape index (κ2) is 59.1. The topological polar surface area (TPSA) is 175 Å². The minimum absolute atomic E-state index is 0.0125. The van der Waals surface area contributed by atoms with Gasteiger partial charge in [0.15, 0.2) is 6.29 Å². The van der Waals surface area contributed by atoms with Gasteiger partial charge in [0, 0.05) is 12.8 Å². The van der Waals surface area contributed by atoms with E-state index in [-0.39, 0.29) is 18.5 Å². The third-order valence-corrected chi connectivity index (χ3v) is 15.8. The summed E-state index contributed by atoms with van der Waals surface area (Å²) in [6.45, 7) is 4.27. The fourth-order valence-corrected chi connectivity index (χ4v) is 10.4. The van der Waals surface area contributed by atoms with Crippen LogP contribution in [0, 0.1) is 0 Å². The zero-order valence-electron chi connectivity index (χ0n) is 52.2. The summed E-state index contributed by atoms with van der Waals surface area (Å²) in [5.74, 6) is -0.196. The molecule has 1 amide bonds. The largest absolute Gasteiger partial charge is 0.466 e. The number of hydrogen-bond acceptors (Lipinski definition) is 10. The van der Waals surface area contributed by atoms with Gasteiger partial charge >= 0.3 is 5.97 Å². The minimum Gasteiger partial charge on any atom is -0.466 e. The SMILES string of the molecule is CCC/C=C\C/C=C\CCCCCCCC(=O)OCCCCCCCCCCC/C=C\C/C=C\CCCCCCCCCCCCCCCC(=O)NC(COC1OC(CO)C(O)C(O)C1O)C(O)/C=C/CCCCCCCCCCC. The summed E-state index contributed by atoms with van der Waals surface area (Å²) in [5, 5.41) is 54.4. The molecule has 1 fully saturated rings. The number of ether oxygens (including phenoxy) is 3. The molecule has 0 aromatic rings. The Morgan fingerprint density at radius 3 is 1.30 bits per heavy atom. The lowest BCUT2D eigenvalue weighted by Gasteiger charge is -2.40. The third-order valence-electron chi connectivity index (χ3n) is 15.8. The minimum atomic E-state index is -1.57. The van der Waals surface area contributed by atoms with Crippen molar-refractivity contribution in [2.45, 2.75) is 352 Å². The van der Waals surface area contributed by atoms with Gasteiger partial charge in [0.2, 0.25) is 5.91 Å². The highest BCUT2D eigenvalue weighted by molar-refractivity contribution is 5.76. The van der Waals surface area contributed by atoms with E-state index in [9.17, 15) is 35.1 Å². The van der Waals surface area contributed by atoms with Gasteiger partial charge in [0.25, 0.3) is 0 Å². The quantitative estimate of drug-likeness (QED) is 0.0195. The Kier molecular flexibility index (Phi) is 55.7. The fraction of sp³-hybridized carbons (Fsp3) is 0.829. The van der Waals surface area contributed by atoms with Gasteiger partial charge in [-0.2, -0.15) is 0 Å². The van der Waals surface area contributed by atoms with Crippen LogP contribution < -0.4 is 5.32 Å². The molecule has 0 aromatic carbocycles. The Bertz CT molecular complexity index is 1530. The highest BCUT2D eigenvalue weighted by Gasteiger charge is 2.44. The van der Waals surface area contributed by atoms with E-state index in [1.165, 1.54) is 199 Å². The second-order valence-corrected chi connectivity index (χ2v) is 23.5. The molecule has 0 spiro atoms. The predicted molar refractivity (Wildman–Crippen MR) is 338 cm³/mol. The molecule has 0 aliphatic carbocycles. The van der Waals surface area contributed by atoms with Crippen LogP contribution in [0.3, 0.4) is 0 Å². The van der Waals surface area contributed by atoms with Crippen molar-refractivity contribution in [3.63, 3.8) is 0 Å². The van der Waals surface area contributed by atoms with Crippen molar-refractivity contribution < 1.29 is 49.3 Å². The van der Waals surface area contributed by atoms with E-state index >= 15 is 0 Å². The Morgan fingerprint density at radius 1 is 0.457 bits per heavy atom. The summed E-state index contributed by atoms with van der Waals surface area (Å²) in [4.78, 5) is 25.1. The number of unbranched alkanes of at least 4 members (excludes halogenated alkanes) is 37. The van der Waals surface area contributed by atoms with E-state index in [0.29, 0.717) is 19.4 Å². The van der Waals surface area contributed by atoms with Gasteiger partial charge in [0.1, 0.15) is 24.4 Å². The molecule has 0 radical (unpaired) electrons. The Hall–Kier alpha value is -2.64. The first-order valence-electron chi connectivity index (χ1n) is 34.1. The van der Waals surface area contributed by atoms with Crippen molar-refractivity contribution >= 4 is 11.9 Å². The molecule has 11 nitrogen and oxygen atoms in total. The standard InChI is InChI=1S/C70H127NO10/c1-3-5-7-9-11-13-15-33-38-42-46-50-54-58-66(75)79-59-55-51-47-43-39-35-32-30-28-26-24-22-20-18-16-17-19-21-23-25-27-29-31-34-37-41-45-49-53-57-65(74)71-62(61-80-70-69(78)68(77)67(76)64(60-72)81-70)63(73)56-52-48-44-40-36-14-12-10-8-6-4-2/h7,9,13,15-16,18,22,24,52,56,62-64,67-70,72-73,76-78H,3-6,8,10-12,14,17,19-21,23,25-51,53-55,57-61H2,1-2H3,(H,71,74)/b9-7-,15-13-,18-16-,24-22-,56-52+. The van der Waals surface area contributed by atoms with Crippen LogP contribution in [0.15, 0.2) is 60.8 Å². The lowest BCUT2D eigenvalue weighted by Crippen LogP contribution is -2.60. The van der Waals surface area contributed by atoms with Crippen LogP contribution in [0.1, 0.15) is 309 Å². The molecule has 6 N–H and O–H groups in total. The van der Waals surface area contributed by atoms with Crippen LogP contribution in [0.25, 0.3) is 0 Å². The first-order valence-corrected chi connectivity index (χ1v) is 34.1. The van der Waals surface area contributed by atoms with Crippen molar-refractivity contribution in [1.29, 1.82) is 0 Å². The summed E-state index contributed by atoms with van der Waals surface area (Å²) in [5.41, 5.74) is 0. The summed E-state index contributed by atoms with van der Waals surface area (Å²) < 4.78 is 16.7. The van der Waals surface area contributed by atoms with E-state index in [1.54, 1.807) is 6.08 Å². The average Bonchev–Trinajstić information content (AvgIpc) is 3.51. The molecule has 1 rings (SSSR count). The lowest BCUT2D eigenvalue weighted by molar-refractivity contribution is -0.302. The number of aliphatic hydroxyl groups is 5. The lowest BCUT2D eigenvalue weighted by atomic mass is 9.99. The molecule has 1 saturated heterocycles. The molecule has 0 bridgehead atoms. The molecule has 0 aromatic heterocycles. The smallest absolute Gasteiger partial charge is 0.305 e. The summed E-state index contributed by atoms with van der Waals surface area (Å²) in [6.07, 6.45) is 67.7. The maximum absolute atomic E-state index is 13.0. The van der Waals surface area contributed by atoms with Gasteiger partial charge < -0.3 is 45.1 Å². The number of allylic oxidation sites excluding steroid dienone is 9. The third kappa shape index (κ3) is 48.3. The normalized spacial score (nSPS) is 18.6. The van der Waals surface area contributed by atoms with Crippen LogP contribution in [-0.2, 0) is 23.8 Å². The number of nitrogens with one attached hydrogen (secondary N) is 1. The molecule has 1 aliphatic heterocycles. The zero-order chi connectivity index (χ0) is 58.7. The molecule has 7 atom stereocenters. The van der Waals surface area contributed by atoms with E-state index < -0.39 is 49.5 Å². The maximum Gasteiger partial charge on any atom is 0.305 e. The molecular weight excluding hydrogens is 1010 g/mol. The number of carbonyl (C=O) groups is 2. The molecule has 1 heterocycles. The fourth-order valence-electron chi connectivity index (χ4n) is 10.4. The van der Waals surface area contributed by atoms with Crippen LogP contribution >= 0.6 is 0 Å². The van der Waals surface area contributed by atoms with Gasteiger partial charge in [-0.05, 0) is 89.9 Å². The van der Waals surface area contributed by atoms with Crippen LogP contribution in [0.5, 0.6) is 0 Å². The highest BCUT2D eigenvalue weighted by atomic mass is 16.7. The van der Waals surface area contributed by atoms with Gasteiger partial charge in [-0.1, -0.05) is 267 Å². The van der Waals surface area contributed by atoms with E-state index in [1.807, 2.05) is 6.08 Å². The molecular formula is C70H127NO10. The molecule has 81 heavy (non-hydrogen) atoms. The molecule has 0 saturated carbocycles. The van der Waals surface area contributed by atoms with Crippen molar-refractivity contribution in [1.82, 2.24) is 5.32 Å². The van der Waals surface area contributed by atoms with Crippen molar-refractivity contribution in [2.75, 3.05) is 19.8 Å². The van der Waals surface area contributed by atoms with Gasteiger partial charge in [-0.3, -0.25) is 9.59 Å². The van der Waals surface area contributed by atoms with Gasteiger partial charge in [0.05, 0.1) is 32.0 Å². The summed E-state index contributed by atoms with van der Waals surface area (Å²) >= 11 is 0. The number of esters is 1. The van der Waals surface area contributed by atoms with Gasteiger partial charge in [-0.15, -0.1) is 0 Å².